The zero-order valence-corrected chi connectivity index (χ0v) is 17.1. The first-order chi connectivity index (χ1) is 11.8. The molecule has 1 aromatic carbocycles. The summed E-state index contributed by atoms with van der Waals surface area (Å²) in [5.41, 5.74) is 2.66. The number of ether oxygens (including phenoxy) is 2. The van der Waals surface area contributed by atoms with Gasteiger partial charge < -0.3 is 13.9 Å². The highest BCUT2D eigenvalue weighted by Gasteiger charge is 2.30. The van der Waals surface area contributed by atoms with Crippen molar-refractivity contribution in [2.75, 3.05) is 6.61 Å². The van der Waals surface area contributed by atoms with Crippen LogP contribution in [0.1, 0.15) is 30.1 Å². The average molecular weight is 475 g/mol. The third-order valence-corrected chi connectivity index (χ3v) is 4.78. The summed E-state index contributed by atoms with van der Waals surface area (Å²) in [6, 6.07) is 7.83. The van der Waals surface area contributed by atoms with E-state index in [0.717, 1.165) is 11.1 Å². The molecule has 0 bridgehead atoms. The summed E-state index contributed by atoms with van der Waals surface area (Å²) in [6.45, 7) is 4.46. The highest BCUT2D eigenvalue weighted by atomic mass is 79.9. The summed E-state index contributed by atoms with van der Waals surface area (Å²) in [5.74, 6) is -0.655. The summed E-state index contributed by atoms with van der Waals surface area (Å²) in [6.07, 6.45) is -0.766. The molecule has 0 spiro atoms. The minimum absolute atomic E-state index is 0.106. The first-order valence-corrected chi connectivity index (χ1v) is 9.16. The number of nitrogens with zero attached hydrogens (tertiary/aromatic N) is 1. The molecule has 8 heteroatoms. The largest absolute Gasteiger partial charge is 0.462 e. The van der Waals surface area contributed by atoms with Gasteiger partial charge in [-0.1, -0.05) is 45.8 Å². The van der Waals surface area contributed by atoms with Gasteiger partial charge in [0.05, 0.1) is 0 Å². The third kappa shape index (κ3) is 5.40. The maximum absolute atomic E-state index is 11.3. The maximum Gasteiger partial charge on any atom is 0.303 e. The molecule has 2 rings (SSSR count). The minimum Gasteiger partial charge on any atom is -0.462 e. The second-order valence-electron chi connectivity index (χ2n) is 5.39. The molecule has 2 unspecified atom stereocenters. The van der Waals surface area contributed by atoms with Gasteiger partial charge in [0.15, 0.2) is 10.8 Å². The Morgan fingerprint density at radius 2 is 1.84 bits per heavy atom. The van der Waals surface area contributed by atoms with Crippen molar-refractivity contribution in [2.24, 2.45) is 0 Å². The molecule has 0 amide bonds. The predicted octanol–water partition coefficient (Wildman–Crippen LogP) is 4.34. The molecule has 0 aliphatic heterocycles. The Kier molecular flexibility index (Phi) is 6.78. The van der Waals surface area contributed by atoms with E-state index in [1.165, 1.54) is 13.8 Å². The second kappa shape index (κ2) is 8.62. The summed E-state index contributed by atoms with van der Waals surface area (Å²) in [4.78, 5) is 26.3. The monoisotopic (exact) mass is 473 g/mol. The van der Waals surface area contributed by atoms with Crippen LogP contribution in [0.15, 0.2) is 33.4 Å². The smallest absolute Gasteiger partial charge is 0.303 e. The lowest BCUT2D eigenvalue weighted by Gasteiger charge is -2.19. The van der Waals surface area contributed by atoms with Gasteiger partial charge in [-0.2, -0.15) is 0 Å². The van der Waals surface area contributed by atoms with Crippen molar-refractivity contribution in [3.8, 4) is 11.3 Å². The Bertz CT molecular complexity index is 757. The summed E-state index contributed by atoms with van der Waals surface area (Å²) < 4.78 is 16.3. The van der Waals surface area contributed by atoms with E-state index in [2.05, 4.69) is 36.8 Å². The van der Waals surface area contributed by atoms with Crippen molar-refractivity contribution in [1.82, 2.24) is 4.98 Å². The van der Waals surface area contributed by atoms with Crippen molar-refractivity contribution >= 4 is 43.8 Å². The summed E-state index contributed by atoms with van der Waals surface area (Å²) in [7, 11) is 0. The molecule has 0 radical (unpaired) electrons. The van der Waals surface area contributed by atoms with Crippen LogP contribution < -0.4 is 0 Å². The lowest BCUT2D eigenvalue weighted by Crippen LogP contribution is -2.27. The Morgan fingerprint density at radius 3 is 2.40 bits per heavy atom. The van der Waals surface area contributed by atoms with Crippen LogP contribution in [-0.2, 0) is 19.1 Å². The molecule has 0 saturated carbocycles. The van der Waals surface area contributed by atoms with Crippen molar-refractivity contribution in [3.05, 3.63) is 40.4 Å². The Balaban J connectivity index is 2.25. The Morgan fingerprint density at radius 1 is 1.20 bits per heavy atom. The van der Waals surface area contributed by atoms with E-state index in [1.807, 2.05) is 31.2 Å². The van der Waals surface area contributed by atoms with Crippen molar-refractivity contribution < 1.29 is 23.5 Å². The van der Waals surface area contributed by atoms with Gasteiger partial charge in [-0.25, -0.2) is 4.98 Å². The molecule has 0 aliphatic carbocycles. The van der Waals surface area contributed by atoms with Crippen LogP contribution in [-0.4, -0.2) is 29.6 Å². The number of hydrogen-bond acceptors (Lipinski definition) is 6. The molecule has 134 valence electrons. The van der Waals surface area contributed by atoms with Crippen LogP contribution in [0.3, 0.4) is 0 Å². The first-order valence-electron chi connectivity index (χ1n) is 7.46. The molecule has 0 N–H and O–H groups in total. The number of alkyl halides is 1. The van der Waals surface area contributed by atoms with E-state index in [0.29, 0.717) is 16.3 Å². The number of hydrogen-bond donors (Lipinski definition) is 0. The topological polar surface area (TPSA) is 78.6 Å². The number of oxazole rings is 1. The fraction of sp³-hybridized carbons (Fsp3) is 0.353. The van der Waals surface area contributed by atoms with E-state index in [9.17, 15) is 9.59 Å². The summed E-state index contributed by atoms with van der Waals surface area (Å²) in [5, 5.41) is 0. The van der Waals surface area contributed by atoms with Crippen LogP contribution in [0, 0.1) is 6.92 Å². The lowest BCUT2D eigenvalue weighted by molar-refractivity contribution is -0.156. The van der Waals surface area contributed by atoms with E-state index >= 15 is 0 Å². The Hall–Kier alpha value is -1.67. The van der Waals surface area contributed by atoms with Gasteiger partial charge in [0, 0.05) is 19.4 Å². The Labute approximate surface area is 162 Å². The normalized spacial score (nSPS) is 13.2. The number of carbonyl (C=O) groups is 2. The van der Waals surface area contributed by atoms with E-state index < -0.39 is 22.9 Å². The molecule has 1 heterocycles. The molecule has 0 fully saturated rings. The van der Waals surface area contributed by atoms with Gasteiger partial charge in [0.2, 0.25) is 5.89 Å². The van der Waals surface area contributed by atoms with Gasteiger partial charge in [-0.15, -0.1) is 0 Å². The summed E-state index contributed by atoms with van der Waals surface area (Å²) >= 11 is 6.78. The number of halogens is 2. The number of rotatable bonds is 6. The van der Waals surface area contributed by atoms with Gasteiger partial charge in [-0.05, 0) is 22.9 Å². The van der Waals surface area contributed by atoms with Gasteiger partial charge in [0.25, 0.3) is 0 Å². The first kappa shape index (κ1) is 19.7. The molecule has 0 saturated heterocycles. The van der Waals surface area contributed by atoms with Gasteiger partial charge in [-0.3, -0.25) is 9.59 Å². The molecule has 0 aliphatic rings. The highest BCUT2D eigenvalue weighted by molar-refractivity contribution is 9.10. The van der Waals surface area contributed by atoms with Crippen molar-refractivity contribution in [3.63, 3.8) is 0 Å². The van der Waals surface area contributed by atoms with E-state index in [4.69, 9.17) is 13.9 Å². The van der Waals surface area contributed by atoms with Gasteiger partial charge in [0.1, 0.15) is 17.1 Å². The zero-order chi connectivity index (χ0) is 18.6. The standard InChI is InChI=1S/C17H17Br2NO5/c1-9-4-6-12(7-5-9)15-16(19)25-17(20-15)14(18)13(24-11(3)22)8-23-10(2)21/h4-7,13-14H,8H2,1-3H3. The fourth-order valence-electron chi connectivity index (χ4n) is 2.07. The molecule has 2 aromatic rings. The number of aromatic nitrogens is 1. The highest BCUT2D eigenvalue weighted by Crippen LogP contribution is 2.35. The van der Waals surface area contributed by atoms with E-state index in [-0.39, 0.29) is 6.61 Å². The van der Waals surface area contributed by atoms with Crippen LogP contribution in [0.2, 0.25) is 0 Å². The number of carbonyl (C=O) groups excluding carboxylic acids is 2. The molecular formula is C17H17Br2NO5. The van der Waals surface area contributed by atoms with Crippen molar-refractivity contribution in [2.45, 2.75) is 31.7 Å². The van der Waals surface area contributed by atoms with Crippen LogP contribution in [0.5, 0.6) is 0 Å². The zero-order valence-electron chi connectivity index (χ0n) is 13.9. The average Bonchev–Trinajstić information content (AvgIpc) is 2.93. The number of aryl methyl sites for hydroxylation is 1. The molecule has 1 aromatic heterocycles. The molecular weight excluding hydrogens is 458 g/mol. The minimum atomic E-state index is -0.766. The second-order valence-corrected chi connectivity index (χ2v) is 7.10. The SMILES string of the molecule is CC(=O)OCC(OC(C)=O)C(Br)c1nc(-c2ccc(C)cc2)c(Br)o1. The molecule has 6 nitrogen and oxygen atoms in total. The van der Waals surface area contributed by atoms with Gasteiger partial charge >= 0.3 is 11.9 Å². The van der Waals surface area contributed by atoms with Crippen LogP contribution in [0.4, 0.5) is 0 Å². The number of esters is 2. The van der Waals surface area contributed by atoms with Crippen molar-refractivity contribution in [1.29, 1.82) is 0 Å². The van der Waals surface area contributed by atoms with Crippen LogP contribution >= 0.6 is 31.9 Å². The maximum atomic E-state index is 11.3. The quantitative estimate of drug-likeness (QED) is 0.457. The predicted molar refractivity (Wildman–Crippen MR) is 98.2 cm³/mol. The van der Waals surface area contributed by atoms with E-state index in [1.54, 1.807) is 0 Å². The lowest BCUT2D eigenvalue weighted by atomic mass is 10.1. The fourth-order valence-corrected chi connectivity index (χ4v) is 3.01. The molecule has 2 atom stereocenters. The van der Waals surface area contributed by atoms with Crippen LogP contribution in [0.25, 0.3) is 11.3 Å². The molecule has 25 heavy (non-hydrogen) atoms. The third-order valence-electron chi connectivity index (χ3n) is 3.26. The number of benzene rings is 1.